The van der Waals surface area contributed by atoms with Crippen LogP contribution in [-0.2, 0) is 16.1 Å². The van der Waals surface area contributed by atoms with Gasteiger partial charge in [-0.3, -0.25) is 14.5 Å². The first-order valence-electron chi connectivity index (χ1n) is 5.81. The SMILES string of the molecule is CC1C(=O)N(Cc2ccc(Br)c(N)c2)C(=O)C1C. The Balaban J connectivity index is 2.21. The molecule has 0 saturated carbocycles. The highest BCUT2D eigenvalue weighted by atomic mass is 79.9. The molecule has 0 radical (unpaired) electrons. The molecule has 2 N–H and O–H groups in total. The quantitative estimate of drug-likeness (QED) is 0.672. The van der Waals surface area contributed by atoms with Crippen LogP contribution in [0.2, 0.25) is 0 Å². The molecule has 96 valence electrons. The van der Waals surface area contributed by atoms with Crippen molar-refractivity contribution in [3.05, 3.63) is 28.2 Å². The number of carbonyl (C=O) groups is 2. The number of benzene rings is 1. The molecular formula is C13H15BrN2O2. The van der Waals surface area contributed by atoms with Gasteiger partial charge in [0.1, 0.15) is 0 Å². The van der Waals surface area contributed by atoms with Gasteiger partial charge in [-0.05, 0) is 33.6 Å². The van der Waals surface area contributed by atoms with E-state index in [0.29, 0.717) is 12.2 Å². The first-order valence-corrected chi connectivity index (χ1v) is 6.60. The summed E-state index contributed by atoms with van der Waals surface area (Å²) in [5.74, 6) is -0.668. The zero-order valence-corrected chi connectivity index (χ0v) is 11.9. The predicted octanol–water partition coefficient (Wildman–Crippen LogP) is 2.17. The molecule has 1 aromatic carbocycles. The van der Waals surface area contributed by atoms with Gasteiger partial charge in [-0.1, -0.05) is 19.9 Å². The number of imide groups is 1. The zero-order chi connectivity index (χ0) is 13.4. The van der Waals surface area contributed by atoms with Crippen LogP contribution in [0, 0.1) is 11.8 Å². The maximum absolute atomic E-state index is 11.9. The highest BCUT2D eigenvalue weighted by Crippen LogP contribution is 2.28. The molecule has 1 fully saturated rings. The minimum absolute atomic E-state index is 0.103. The second-order valence-corrected chi connectivity index (χ2v) is 5.55. The number of halogens is 1. The van der Waals surface area contributed by atoms with Gasteiger partial charge in [-0.25, -0.2) is 0 Å². The molecule has 1 heterocycles. The molecule has 0 bridgehead atoms. The molecule has 0 aliphatic carbocycles. The molecule has 0 spiro atoms. The van der Waals surface area contributed by atoms with E-state index in [1.807, 2.05) is 12.1 Å². The van der Waals surface area contributed by atoms with E-state index in [0.717, 1.165) is 10.0 Å². The number of anilines is 1. The maximum Gasteiger partial charge on any atom is 0.233 e. The third-order valence-electron chi connectivity index (χ3n) is 3.46. The molecule has 1 aromatic rings. The fourth-order valence-electron chi connectivity index (χ4n) is 2.06. The number of carbonyl (C=O) groups excluding carboxylic acids is 2. The predicted molar refractivity (Wildman–Crippen MR) is 72.4 cm³/mol. The molecule has 1 aliphatic heterocycles. The number of hydrogen-bond acceptors (Lipinski definition) is 3. The van der Waals surface area contributed by atoms with Crippen molar-refractivity contribution in [2.24, 2.45) is 11.8 Å². The molecule has 5 heteroatoms. The number of hydrogen-bond donors (Lipinski definition) is 1. The van der Waals surface area contributed by atoms with Gasteiger partial charge in [0, 0.05) is 22.0 Å². The summed E-state index contributed by atoms with van der Waals surface area (Å²) in [4.78, 5) is 25.2. The van der Waals surface area contributed by atoms with Crippen molar-refractivity contribution in [1.29, 1.82) is 0 Å². The lowest BCUT2D eigenvalue weighted by Gasteiger charge is -2.15. The van der Waals surface area contributed by atoms with Crippen molar-refractivity contribution in [3.63, 3.8) is 0 Å². The molecule has 2 amide bonds. The van der Waals surface area contributed by atoms with Crippen molar-refractivity contribution in [1.82, 2.24) is 4.90 Å². The second-order valence-electron chi connectivity index (χ2n) is 4.70. The van der Waals surface area contributed by atoms with E-state index >= 15 is 0 Å². The average Bonchev–Trinajstić information content (AvgIpc) is 2.52. The topological polar surface area (TPSA) is 63.4 Å². The lowest BCUT2D eigenvalue weighted by atomic mass is 10.00. The number of nitrogen functional groups attached to an aromatic ring is 1. The second kappa shape index (κ2) is 4.72. The van der Waals surface area contributed by atoms with Crippen molar-refractivity contribution in [2.45, 2.75) is 20.4 Å². The van der Waals surface area contributed by atoms with Crippen LogP contribution in [0.25, 0.3) is 0 Å². The minimum Gasteiger partial charge on any atom is -0.398 e. The van der Waals surface area contributed by atoms with E-state index in [4.69, 9.17) is 5.73 Å². The fourth-order valence-corrected chi connectivity index (χ4v) is 2.30. The lowest BCUT2D eigenvalue weighted by molar-refractivity contribution is -0.140. The first kappa shape index (κ1) is 13.1. The average molecular weight is 311 g/mol. The number of rotatable bonds is 2. The monoisotopic (exact) mass is 310 g/mol. The van der Waals surface area contributed by atoms with Gasteiger partial charge in [-0.2, -0.15) is 0 Å². The fraction of sp³-hybridized carbons (Fsp3) is 0.385. The standard InChI is InChI=1S/C13H15BrN2O2/c1-7-8(2)13(18)16(12(7)17)6-9-3-4-10(14)11(15)5-9/h3-5,7-8H,6,15H2,1-2H3. The van der Waals surface area contributed by atoms with E-state index in [-0.39, 0.29) is 23.7 Å². The van der Waals surface area contributed by atoms with Crippen LogP contribution >= 0.6 is 15.9 Å². The van der Waals surface area contributed by atoms with Crippen molar-refractivity contribution in [2.75, 3.05) is 5.73 Å². The lowest BCUT2D eigenvalue weighted by Crippen LogP contribution is -2.30. The van der Waals surface area contributed by atoms with Gasteiger partial charge in [-0.15, -0.1) is 0 Å². The molecule has 4 nitrogen and oxygen atoms in total. The van der Waals surface area contributed by atoms with Crippen LogP contribution in [0.5, 0.6) is 0 Å². The number of nitrogens with two attached hydrogens (primary N) is 1. The zero-order valence-electron chi connectivity index (χ0n) is 10.3. The summed E-state index contributed by atoms with van der Waals surface area (Å²) < 4.78 is 0.812. The minimum atomic E-state index is -0.231. The molecule has 1 aliphatic rings. The summed E-state index contributed by atoms with van der Waals surface area (Å²) in [5.41, 5.74) is 7.25. The van der Waals surface area contributed by atoms with Crippen LogP contribution in [-0.4, -0.2) is 16.7 Å². The Morgan fingerprint density at radius 2 is 1.78 bits per heavy atom. The van der Waals surface area contributed by atoms with Crippen molar-refractivity contribution >= 4 is 33.4 Å². The first-order chi connectivity index (χ1) is 8.41. The Hall–Kier alpha value is -1.36. The van der Waals surface area contributed by atoms with Crippen LogP contribution in [0.1, 0.15) is 19.4 Å². The van der Waals surface area contributed by atoms with Gasteiger partial charge in [0.05, 0.1) is 6.54 Å². The highest BCUT2D eigenvalue weighted by Gasteiger charge is 2.41. The molecule has 2 rings (SSSR count). The molecule has 1 saturated heterocycles. The van der Waals surface area contributed by atoms with Crippen LogP contribution in [0.4, 0.5) is 5.69 Å². The summed E-state index contributed by atoms with van der Waals surface area (Å²) in [7, 11) is 0. The highest BCUT2D eigenvalue weighted by molar-refractivity contribution is 9.10. The number of likely N-dealkylation sites (tertiary alicyclic amines) is 1. The molecular weight excluding hydrogens is 296 g/mol. The largest absolute Gasteiger partial charge is 0.398 e. The van der Waals surface area contributed by atoms with E-state index in [1.165, 1.54) is 4.90 Å². The Morgan fingerprint density at radius 1 is 1.22 bits per heavy atom. The van der Waals surface area contributed by atoms with E-state index in [1.54, 1.807) is 19.9 Å². The smallest absolute Gasteiger partial charge is 0.233 e. The van der Waals surface area contributed by atoms with Gasteiger partial charge in [0.2, 0.25) is 11.8 Å². The third-order valence-corrected chi connectivity index (χ3v) is 4.18. The molecule has 0 aromatic heterocycles. The Bertz CT molecular complexity index is 496. The van der Waals surface area contributed by atoms with E-state index < -0.39 is 0 Å². The van der Waals surface area contributed by atoms with E-state index in [9.17, 15) is 9.59 Å². The van der Waals surface area contributed by atoms with Gasteiger partial charge >= 0.3 is 0 Å². The molecule has 18 heavy (non-hydrogen) atoms. The summed E-state index contributed by atoms with van der Waals surface area (Å²) in [6.07, 6.45) is 0. The Kier molecular flexibility index (Phi) is 3.43. The van der Waals surface area contributed by atoms with Crippen LogP contribution in [0.3, 0.4) is 0 Å². The molecule has 2 unspecified atom stereocenters. The van der Waals surface area contributed by atoms with Gasteiger partial charge < -0.3 is 5.73 Å². The summed E-state index contributed by atoms with van der Waals surface area (Å²) >= 11 is 3.31. The summed E-state index contributed by atoms with van der Waals surface area (Å²) in [6, 6.07) is 5.45. The summed E-state index contributed by atoms with van der Waals surface area (Å²) in [5, 5.41) is 0. The Morgan fingerprint density at radius 3 is 2.28 bits per heavy atom. The maximum atomic E-state index is 11.9. The van der Waals surface area contributed by atoms with E-state index in [2.05, 4.69) is 15.9 Å². The third kappa shape index (κ3) is 2.14. The van der Waals surface area contributed by atoms with Crippen molar-refractivity contribution in [3.8, 4) is 0 Å². The number of amides is 2. The Labute approximate surface area is 114 Å². The normalized spacial score (nSPS) is 23.8. The van der Waals surface area contributed by atoms with Crippen LogP contribution < -0.4 is 5.73 Å². The van der Waals surface area contributed by atoms with Gasteiger partial charge in [0.15, 0.2) is 0 Å². The van der Waals surface area contributed by atoms with Crippen LogP contribution in [0.15, 0.2) is 22.7 Å². The summed E-state index contributed by atoms with van der Waals surface area (Å²) in [6.45, 7) is 3.88. The van der Waals surface area contributed by atoms with Crippen molar-refractivity contribution < 1.29 is 9.59 Å². The van der Waals surface area contributed by atoms with Gasteiger partial charge in [0.25, 0.3) is 0 Å². The molecule has 2 atom stereocenters. The number of nitrogens with zero attached hydrogens (tertiary/aromatic N) is 1.